The van der Waals surface area contributed by atoms with E-state index in [1.807, 2.05) is 0 Å². The zero-order chi connectivity index (χ0) is 17.9. The number of hydrogen-bond acceptors (Lipinski definition) is 4. The summed E-state index contributed by atoms with van der Waals surface area (Å²) >= 11 is 0. The monoisotopic (exact) mass is 344 g/mol. The number of phenols is 1. The van der Waals surface area contributed by atoms with Crippen LogP contribution in [0.25, 0.3) is 11.1 Å². The third-order valence-corrected chi connectivity index (χ3v) is 2.92. The largest absolute Gasteiger partial charge is 0.573 e. The molecule has 128 valence electrons. The average molecular weight is 344 g/mol. The molecule has 1 N–H and O–H groups in total. The molecule has 2 aromatic rings. The minimum Gasteiger partial charge on any atom is -0.508 e. The van der Waals surface area contributed by atoms with Crippen LogP contribution in [0.1, 0.15) is 17.3 Å². The van der Waals surface area contributed by atoms with E-state index in [-0.39, 0.29) is 23.3 Å². The third kappa shape index (κ3) is 4.37. The minimum atomic E-state index is -4.93. The van der Waals surface area contributed by atoms with Gasteiger partial charge in [-0.25, -0.2) is 9.18 Å². The van der Waals surface area contributed by atoms with Gasteiger partial charge < -0.3 is 14.6 Å². The standard InChI is InChI=1S/C16H12F4O4/c1-2-23-15(22)13-4-3-9(7-14(13)17)10-5-11(21)8-12(6-10)24-16(18,19)20/h3-8,21H,2H2,1H3. The van der Waals surface area contributed by atoms with E-state index >= 15 is 0 Å². The summed E-state index contributed by atoms with van der Waals surface area (Å²) in [6, 6.07) is 6.34. The van der Waals surface area contributed by atoms with Crippen LogP contribution in [-0.4, -0.2) is 24.0 Å². The van der Waals surface area contributed by atoms with Gasteiger partial charge in [-0.1, -0.05) is 6.07 Å². The van der Waals surface area contributed by atoms with Crippen molar-refractivity contribution >= 4 is 5.97 Å². The molecule has 0 saturated carbocycles. The summed E-state index contributed by atoms with van der Waals surface area (Å²) < 4.78 is 59.2. The van der Waals surface area contributed by atoms with Crippen LogP contribution in [0, 0.1) is 5.82 Å². The molecule has 0 aliphatic rings. The second kappa shape index (κ2) is 6.77. The van der Waals surface area contributed by atoms with Crippen LogP contribution < -0.4 is 4.74 Å². The van der Waals surface area contributed by atoms with Gasteiger partial charge in [-0.05, 0) is 42.3 Å². The Kier molecular flexibility index (Phi) is 4.96. The Hall–Kier alpha value is -2.77. The molecule has 0 spiro atoms. The van der Waals surface area contributed by atoms with Gasteiger partial charge in [-0.2, -0.15) is 0 Å². The van der Waals surface area contributed by atoms with Crippen molar-refractivity contribution in [1.29, 1.82) is 0 Å². The van der Waals surface area contributed by atoms with Crippen molar-refractivity contribution in [2.24, 2.45) is 0 Å². The Morgan fingerprint density at radius 1 is 1.12 bits per heavy atom. The summed E-state index contributed by atoms with van der Waals surface area (Å²) in [6.45, 7) is 1.64. The summed E-state index contributed by atoms with van der Waals surface area (Å²) in [6.07, 6.45) is -4.93. The van der Waals surface area contributed by atoms with Crippen molar-refractivity contribution in [3.05, 3.63) is 47.8 Å². The summed E-state index contributed by atoms with van der Waals surface area (Å²) in [5.74, 6) is -2.87. The highest BCUT2D eigenvalue weighted by atomic mass is 19.4. The fourth-order valence-corrected chi connectivity index (χ4v) is 2.01. The van der Waals surface area contributed by atoms with Crippen molar-refractivity contribution in [2.45, 2.75) is 13.3 Å². The van der Waals surface area contributed by atoms with Crippen LogP contribution >= 0.6 is 0 Å². The van der Waals surface area contributed by atoms with Crippen LogP contribution in [0.3, 0.4) is 0 Å². The van der Waals surface area contributed by atoms with Gasteiger partial charge in [0.05, 0.1) is 12.2 Å². The van der Waals surface area contributed by atoms with Gasteiger partial charge >= 0.3 is 12.3 Å². The first-order valence-corrected chi connectivity index (χ1v) is 6.76. The number of aromatic hydroxyl groups is 1. The van der Waals surface area contributed by atoms with Gasteiger partial charge in [0, 0.05) is 6.07 Å². The van der Waals surface area contributed by atoms with E-state index < -0.39 is 29.6 Å². The Morgan fingerprint density at radius 2 is 1.83 bits per heavy atom. The van der Waals surface area contributed by atoms with Crippen LogP contribution in [-0.2, 0) is 4.74 Å². The number of rotatable bonds is 4. The molecule has 0 fully saturated rings. The molecule has 0 aromatic heterocycles. The Bertz CT molecular complexity index is 756. The third-order valence-electron chi connectivity index (χ3n) is 2.92. The number of phenolic OH excluding ortho intramolecular Hbond substituents is 1. The molecule has 2 aromatic carbocycles. The molecule has 0 saturated heterocycles. The van der Waals surface area contributed by atoms with Gasteiger partial charge in [0.2, 0.25) is 0 Å². The zero-order valence-electron chi connectivity index (χ0n) is 12.4. The molecule has 0 aliphatic carbocycles. The number of carbonyl (C=O) groups excluding carboxylic acids is 1. The zero-order valence-corrected chi connectivity index (χ0v) is 12.4. The van der Waals surface area contributed by atoms with E-state index in [9.17, 15) is 27.5 Å². The fourth-order valence-electron chi connectivity index (χ4n) is 2.01. The first-order valence-electron chi connectivity index (χ1n) is 6.76. The molecule has 0 aliphatic heterocycles. The van der Waals surface area contributed by atoms with Gasteiger partial charge in [0.1, 0.15) is 17.3 Å². The van der Waals surface area contributed by atoms with Gasteiger partial charge in [0.15, 0.2) is 0 Å². The molecular weight excluding hydrogens is 332 g/mol. The van der Waals surface area contributed by atoms with Gasteiger partial charge in [-0.3, -0.25) is 0 Å². The summed E-state index contributed by atoms with van der Waals surface area (Å²) in [4.78, 5) is 11.5. The summed E-state index contributed by atoms with van der Waals surface area (Å²) in [5, 5.41) is 9.52. The predicted octanol–water partition coefficient (Wildman–Crippen LogP) is 4.27. The van der Waals surface area contributed by atoms with Crippen molar-refractivity contribution < 1.29 is 36.9 Å². The number of carbonyl (C=O) groups is 1. The molecular formula is C16H12F4O4. The van der Waals surface area contributed by atoms with E-state index in [0.29, 0.717) is 0 Å². The molecule has 8 heteroatoms. The predicted molar refractivity (Wildman–Crippen MR) is 76.1 cm³/mol. The lowest BCUT2D eigenvalue weighted by Crippen LogP contribution is -2.17. The molecule has 0 heterocycles. The van der Waals surface area contributed by atoms with E-state index in [2.05, 4.69) is 9.47 Å². The number of halogens is 4. The quantitative estimate of drug-likeness (QED) is 0.665. The molecule has 0 atom stereocenters. The molecule has 24 heavy (non-hydrogen) atoms. The maximum atomic E-state index is 14.0. The highest BCUT2D eigenvalue weighted by Gasteiger charge is 2.31. The number of ether oxygens (including phenoxy) is 2. The Balaban J connectivity index is 2.38. The average Bonchev–Trinajstić information content (AvgIpc) is 2.44. The summed E-state index contributed by atoms with van der Waals surface area (Å²) in [7, 11) is 0. The topological polar surface area (TPSA) is 55.8 Å². The maximum Gasteiger partial charge on any atom is 0.573 e. The number of alkyl halides is 3. The lowest BCUT2D eigenvalue weighted by Gasteiger charge is -2.11. The first-order chi connectivity index (χ1) is 11.2. The van der Waals surface area contributed by atoms with E-state index in [1.54, 1.807) is 6.92 Å². The molecule has 0 radical (unpaired) electrons. The lowest BCUT2D eigenvalue weighted by atomic mass is 10.0. The van der Waals surface area contributed by atoms with Crippen molar-refractivity contribution in [1.82, 2.24) is 0 Å². The van der Waals surface area contributed by atoms with Crippen LogP contribution in [0.4, 0.5) is 17.6 Å². The van der Waals surface area contributed by atoms with Crippen molar-refractivity contribution in [3.63, 3.8) is 0 Å². The van der Waals surface area contributed by atoms with Crippen molar-refractivity contribution in [3.8, 4) is 22.6 Å². The Labute approximate surface area is 134 Å². The van der Waals surface area contributed by atoms with Crippen LogP contribution in [0.5, 0.6) is 11.5 Å². The highest BCUT2D eigenvalue weighted by molar-refractivity contribution is 5.90. The van der Waals surface area contributed by atoms with E-state index in [0.717, 1.165) is 30.3 Å². The smallest absolute Gasteiger partial charge is 0.508 e. The first kappa shape index (κ1) is 17.6. The second-order valence-corrected chi connectivity index (χ2v) is 4.68. The maximum absolute atomic E-state index is 14.0. The van der Waals surface area contributed by atoms with Crippen LogP contribution in [0.2, 0.25) is 0 Å². The van der Waals surface area contributed by atoms with Crippen molar-refractivity contribution in [2.75, 3.05) is 6.61 Å². The van der Waals surface area contributed by atoms with E-state index in [4.69, 9.17) is 0 Å². The van der Waals surface area contributed by atoms with E-state index in [1.165, 1.54) is 6.07 Å². The SMILES string of the molecule is CCOC(=O)c1ccc(-c2cc(O)cc(OC(F)(F)F)c2)cc1F. The Morgan fingerprint density at radius 3 is 2.42 bits per heavy atom. The lowest BCUT2D eigenvalue weighted by molar-refractivity contribution is -0.274. The fraction of sp³-hybridized carbons (Fsp3) is 0.188. The van der Waals surface area contributed by atoms with Gasteiger partial charge in [-0.15, -0.1) is 13.2 Å². The van der Waals surface area contributed by atoms with Gasteiger partial charge in [0.25, 0.3) is 0 Å². The minimum absolute atomic E-state index is 0.0741. The summed E-state index contributed by atoms with van der Waals surface area (Å²) in [5.41, 5.74) is -0.0560. The second-order valence-electron chi connectivity index (χ2n) is 4.68. The molecule has 2 rings (SSSR count). The normalized spacial score (nSPS) is 11.2. The molecule has 0 unspecified atom stereocenters. The highest BCUT2D eigenvalue weighted by Crippen LogP contribution is 2.32. The molecule has 0 amide bonds. The number of hydrogen-bond donors (Lipinski definition) is 1. The molecule has 0 bridgehead atoms. The number of esters is 1. The van der Waals surface area contributed by atoms with Crippen LogP contribution in [0.15, 0.2) is 36.4 Å². The number of benzene rings is 2. The molecule has 4 nitrogen and oxygen atoms in total.